The predicted molar refractivity (Wildman–Crippen MR) is 67.8 cm³/mol. The molecule has 1 aromatic heterocycles. The van der Waals surface area contributed by atoms with Gasteiger partial charge in [-0.05, 0) is 32.8 Å². The molecule has 1 aromatic rings. The Labute approximate surface area is 102 Å². The molecule has 1 heterocycles. The molecule has 0 aliphatic rings. The number of hydrogen-bond donors (Lipinski definition) is 3. The lowest BCUT2D eigenvalue weighted by molar-refractivity contribution is 0.0927. The molecule has 0 spiro atoms. The molecular formula is C12H21N3O2. The molecule has 1 rings (SSSR count). The molecule has 1 amide bonds. The Bertz CT molecular complexity index is 374. The molecule has 0 radical (unpaired) electrons. The van der Waals surface area contributed by atoms with Crippen LogP contribution in [-0.2, 0) is 6.54 Å². The van der Waals surface area contributed by atoms with Gasteiger partial charge in [0.1, 0.15) is 5.69 Å². The highest BCUT2D eigenvalue weighted by Gasteiger charge is 2.14. The van der Waals surface area contributed by atoms with Crippen molar-refractivity contribution >= 4 is 11.6 Å². The number of hydrogen-bond acceptors (Lipinski definition) is 3. The first-order valence-corrected chi connectivity index (χ1v) is 5.95. The zero-order valence-electron chi connectivity index (χ0n) is 10.4. The Morgan fingerprint density at radius 2 is 2.35 bits per heavy atom. The lowest BCUT2D eigenvalue weighted by Gasteiger charge is -2.14. The number of aromatic nitrogens is 1. The molecule has 0 fully saturated rings. The first kappa shape index (κ1) is 13.6. The van der Waals surface area contributed by atoms with Crippen LogP contribution in [0.1, 0.15) is 37.2 Å². The third-order valence-electron chi connectivity index (χ3n) is 2.66. The highest BCUT2D eigenvalue weighted by molar-refractivity contribution is 5.94. The van der Waals surface area contributed by atoms with E-state index in [1.807, 2.05) is 18.4 Å². The minimum absolute atomic E-state index is 0.0519. The lowest BCUT2D eigenvalue weighted by atomic mass is 10.2. The van der Waals surface area contributed by atoms with Crippen LogP contribution in [0.15, 0.2) is 12.3 Å². The highest BCUT2D eigenvalue weighted by Crippen LogP contribution is 2.11. The molecule has 0 aromatic carbocycles. The summed E-state index contributed by atoms with van der Waals surface area (Å²) >= 11 is 0. The zero-order valence-corrected chi connectivity index (χ0v) is 10.4. The number of rotatable bonds is 6. The van der Waals surface area contributed by atoms with Crippen LogP contribution < -0.4 is 11.1 Å². The maximum atomic E-state index is 12.0. The third-order valence-corrected chi connectivity index (χ3v) is 2.66. The summed E-state index contributed by atoms with van der Waals surface area (Å²) in [6.45, 7) is 4.75. The van der Waals surface area contributed by atoms with E-state index in [1.54, 1.807) is 12.3 Å². The van der Waals surface area contributed by atoms with Crippen molar-refractivity contribution in [1.29, 1.82) is 0 Å². The van der Waals surface area contributed by atoms with Crippen LogP contribution in [0.4, 0.5) is 5.69 Å². The van der Waals surface area contributed by atoms with E-state index in [2.05, 4.69) is 5.32 Å². The third kappa shape index (κ3) is 3.78. The summed E-state index contributed by atoms with van der Waals surface area (Å²) in [5.74, 6) is -0.117. The van der Waals surface area contributed by atoms with Gasteiger partial charge >= 0.3 is 0 Å². The van der Waals surface area contributed by atoms with E-state index in [-0.39, 0.29) is 18.6 Å². The second-order valence-corrected chi connectivity index (χ2v) is 4.19. The van der Waals surface area contributed by atoms with E-state index in [1.165, 1.54) is 0 Å². The van der Waals surface area contributed by atoms with Crippen LogP contribution in [-0.4, -0.2) is 28.2 Å². The Kier molecular flexibility index (Phi) is 5.03. The quantitative estimate of drug-likeness (QED) is 0.692. The second kappa shape index (κ2) is 6.30. The van der Waals surface area contributed by atoms with E-state index >= 15 is 0 Å². The average molecular weight is 239 g/mol. The van der Waals surface area contributed by atoms with E-state index in [9.17, 15) is 4.79 Å². The normalized spacial score (nSPS) is 12.4. The number of amides is 1. The molecule has 96 valence electrons. The SMILES string of the molecule is CCn1cc(N)cc1C(=O)NC(C)CCCO. The van der Waals surface area contributed by atoms with Crippen LogP contribution in [0.5, 0.6) is 0 Å². The number of nitrogens with two attached hydrogens (primary N) is 1. The number of carbonyl (C=O) groups is 1. The number of nitrogens with one attached hydrogen (secondary N) is 1. The maximum absolute atomic E-state index is 12.0. The smallest absolute Gasteiger partial charge is 0.268 e. The van der Waals surface area contributed by atoms with Gasteiger partial charge in [-0.25, -0.2) is 0 Å². The fourth-order valence-electron chi connectivity index (χ4n) is 1.75. The van der Waals surface area contributed by atoms with E-state index in [0.29, 0.717) is 24.3 Å². The topological polar surface area (TPSA) is 80.3 Å². The molecule has 0 aliphatic heterocycles. The zero-order chi connectivity index (χ0) is 12.8. The molecule has 0 saturated carbocycles. The van der Waals surface area contributed by atoms with Crippen LogP contribution in [0.3, 0.4) is 0 Å². The minimum Gasteiger partial charge on any atom is -0.397 e. The van der Waals surface area contributed by atoms with Gasteiger partial charge < -0.3 is 20.7 Å². The Hall–Kier alpha value is -1.49. The van der Waals surface area contributed by atoms with Crippen molar-refractivity contribution in [2.45, 2.75) is 39.3 Å². The Morgan fingerprint density at radius 3 is 2.94 bits per heavy atom. The van der Waals surface area contributed by atoms with Gasteiger partial charge in [0.15, 0.2) is 0 Å². The summed E-state index contributed by atoms with van der Waals surface area (Å²) in [6, 6.07) is 1.73. The Morgan fingerprint density at radius 1 is 1.65 bits per heavy atom. The first-order chi connectivity index (χ1) is 8.08. The van der Waals surface area contributed by atoms with Crippen LogP contribution in [0, 0.1) is 0 Å². The van der Waals surface area contributed by atoms with Crippen LogP contribution >= 0.6 is 0 Å². The second-order valence-electron chi connectivity index (χ2n) is 4.19. The predicted octanol–water partition coefficient (Wildman–Crippen LogP) is 0.981. The first-order valence-electron chi connectivity index (χ1n) is 5.95. The summed E-state index contributed by atoms with van der Waals surface area (Å²) in [4.78, 5) is 12.0. The van der Waals surface area contributed by atoms with Crippen molar-refractivity contribution in [2.24, 2.45) is 0 Å². The van der Waals surface area contributed by atoms with Crippen molar-refractivity contribution < 1.29 is 9.90 Å². The van der Waals surface area contributed by atoms with Gasteiger partial charge in [-0.3, -0.25) is 4.79 Å². The fourth-order valence-corrected chi connectivity index (χ4v) is 1.75. The molecular weight excluding hydrogens is 218 g/mol. The van der Waals surface area contributed by atoms with Crippen molar-refractivity contribution in [1.82, 2.24) is 9.88 Å². The average Bonchev–Trinajstić information content (AvgIpc) is 2.67. The summed E-state index contributed by atoms with van der Waals surface area (Å²) in [5, 5.41) is 11.6. The maximum Gasteiger partial charge on any atom is 0.268 e. The van der Waals surface area contributed by atoms with E-state index < -0.39 is 0 Å². The molecule has 0 bridgehead atoms. The lowest BCUT2D eigenvalue weighted by Crippen LogP contribution is -2.33. The molecule has 5 heteroatoms. The fraction of sp³-hybridized carbons (Fsp3) is 0.583. The van der Waals surface area contributed by atoms with E-state index in [4.69, 9.17) is 10.8 Å². The number of carbonyl (C=O) groups excluding carboxylic acids is 1. The number of nitrogen functional groups attached to an aromatic ring is 1. The van der Waals surface area contributed by atoms with Gasteiger partial charge in [-0.2, -0.15) is 0 Å². The van der Waals surface area contributed by atoms with Crippen molar-refractivity contribution in [3.05, 3.63) is 18.0 Å². The summed E-state index contributed by atoms with van der Waals surface area (Å²) in [7, 11) is 0. The van der Waals surface area contributed by atoms with Crippen molar-refractivity contribution in [3.8, 4) is 0 Å². The molecule has 1 unspecified atom stereocenters. The molecule has 0 aliphatic carbocycles. The van der Waals surface area contributed by atoms with Gasteiger partial charge in [0.2, 0.25) is 0 Å². The number of aliphatic hydroxyl groups is 1. The monoisotopic (exact) mass is 239 g/mol. The standard InChI is InChI=1S/C12H21N3O2/c1-3-15-8-10(13)7-11(15)12(17)14-9(2)5-4-6-16/h7-9,16H,3-6,13H2,1-2H3,(H,14,17). The summed E-state index contributed by atoms with van der Waals surface area (Å²) in [6.07, 6.45) is 3.22. The Balaban J connectivity index is 2.62. The van der Waals surface area contributed by atoms with E-state index in [0.717, 1.165) is 6.42 Å². The van der Waals surface area contributed by atoms with Crippen LogP contribution in [0.2, 0.25) is 0 Å². The molecule has 0 saturated heterocycles. The molecule has 17 heavy (non-hydrogen) atoms. The largest absolute Gasteiger partial charge is 0.397 e. The number of nitrogens with zero attached hydrogens (tertiary/aromatic N) is 1. The highest BCUT2D eigenvalue weighted by atomic mass is 16.3. The number of aryl methyl sites for hydroxylation is 1. The molecule has 4 N–H and O–H groups in total. The van der Waals surface area contributed by atoms with Gasteiger partial charge in [-0.1, -0.05) is 0 Å². The molecule has 5 nitrogen and oxygen atoms in total. The summed E-state index contributed by atoms with van der Waals surface area (Å²) < 4.78 is 1.82. The van der Waals surface area contributed by atoms with Crippen LogP contribution in [0.25, 0.3) is 0 Å². The van der Waals surface area contributed by atoms with Crippen molar-refractivity contribution in [2.75, 3.05) is 12.3 Å². The van der Waals surface area contributed by atoms with Gasteiger partial charge in [-0.15, -0.1) is 0 Å². The van der Waals surface area contributed by atoms with Gasteiger partial charge in [0.05, 0.1) is 5.69 Å². The number of anilines is 1. The summed E-state index contributed by atoms with van der Waals surface area (Å²) in [5.41, 5.74) is 6.85. The number of aliphatic hydroxyl groups excluding tert-OH is 1. The van der Waals surface area contributed by atoms with Gasteiger partial charge in [0, 0.05) is 25.4 Å². The van der Waals surface area contributed by atoms with Crippen molar-refractivity contribution in [3.63, 3.8) is 0 Å². The van der Waals surface area contributed by atoms with Gasteiger partial charge in [0.25, 0.3) is 5.91 Å². The minimum atomic E-state index is -0.117. The molecule has 1 atom stereocenters.